The van der Waals surface area contributed by atoms with Crippen molar-refractivity contribution >= 4 is 17.9 Å². The summed E-state index contributed by atoms with van der Waals surface area (Å²) in [7, 11) is 0. The van der Waals surface area contributed by atoms with Gasteiger partial charge in [0.1, 0.15) is 5.60 Å². The zero-order chi connectivity index (χ0) is 11.5. The van der Waals surface area contributed by atoms with Crippen LogP contribution in [0, 0.1) is 17.2 Å². The highest BCUT2D eigenvalue weighted by Crippen LogP contribution is 2.23. The van der Waals surface area contributed by atoms with E-state index in [4.69, 9.17) is 10.00 Å². The summed E-state index contributed by atoms with van der Waals surface area (Å²) in [5.74, 6) is 1.48. The quantitative estimate of drug-likeness (QED) is 0.743. The maximum absolute atomic E-state index is 11.4. The molecule has 1 amide bonds. The number of hydrogen-bond donors (Lipinski definition) is 1. The Morgan fingerprint density at radius 2 is 2.20 bits per heavy atom. The smallest absolute Gasteiger partial charge is 0.407 e. The fraction of sp³-hybridized carbons (Fsp3) is 0.800. The number of rotatable bonds is 1. The van der Waals surface area contributed by atoms with Gasteiger partial charge in [0.25, 0.3) is 0 Å². The Hall–Kier alpha value is -0.890. The molecule has 1 aliphatic heterocycles. The second-order valence-electron chi connectivity index (χ2n) is 4.53. The molecule has 5 heteroatoms. The fourth-order valence-electron chi connectivity index (χ4n) is 1.28. The fourth-order valence-corrected chi connectivity index (χ4v) is 2.55. The predicted octanol–water partition coefficient (Wildman–Crippen LogP) is 1.77. The number of thioether (sulfide) groups is 1. The Bertz CT molecular complexity index is 280. The van der Waals surface area contributed by atoms with Gasteiger partial charge in [-0.15, -0.1) is 0 Å². The molecule has 1 aliphatic rings. The SMILES string of the molecule is CC(C)(C)OC(=O)NC1CSCC1C#N. The van der Waals surface area contributed by atoms with Crippen molar-refractivity contribution in [2.45, 2.75) is 32.4 Å². The lowest BCUT2D eigenvalue weighted by atomic mass is 10.1. The summed E-state index contributed by atoms with van der Waals surface area (Å²) >= 11 is 1.68. The van der Waals surface area contributed by atoms with Crippen LogP contribution >= 0.6 is 11.8 Å². The Kier molecular flexibility index (Phi) is 3.86. The number of nitrogens with zero attached hydrogens (tertiary/aromatic N) is 1. The average molecular weight is 228 g/mol. The first-order chi connectivity index (χ1) is 6.92. The van der Waals surface area contributed by atoms with Crippen LogP contribution in [-0.4, -0.2) is 29.2 Å². The van der Waals surface area contributed by atoms with Crippen molar-refractivity contribution in [3.05, 3.63) is 0 Å². The minimum absolute atomic E-state index is 0.0742. The first-order valence-corrected chi connectivity index (χ1v) is 6.05. The van der Waals surface area contributed by atoms with E-state index in [1.165, 1.54) is 0 Å². The molecule has 4 nitrogen and oxygen atoms in total. The molecule has 15 heavy (non-hydrogen) atoms. The molecule has 2 atom stereocenters. The van der Waals surface area contributed by atoms with Gasteiger partial charge in [0.05, 0.1) is 18.0 Å². The van der Waals surface area contributed by atoms with E-state index in [2.05, 4.69) is 11.4 Å². The Morgan fingerprint density at radius 3 is 2.73 bits per heavy atom. The first kappa shape index (κ1) is 12.2. The third kappa shape index (κ3) is 4.00. The lowest BCUT2D eigenvalue weighted by Crippen LogP contribution is -2.42. The monoisotopic (exact) mass is 228 g/mol. The number of ether oxygens (including phenoxy) is 1. The molecule has 0 aromatic rings. The van der Waals surface area contributed by atoms with E-state index >= 15 is 0 Å². The van der Waals surface area contributed by atoms with Gasteiger partial charge in [-0.2, -0.15) is 17.0 Å². The van der Waals surface area contributed by atoms with Crippen molar-refractivity contribution in [1.29, 1.82) is 5.26 Å². The summed E-state index contributed by atoms with van der Waals surface area (Å²) in [6.07, 6.45) is -0.435. The highest BCUT2D eigenvalue weighted by atomic mass is 32.2. The summed E-state index contributed by atoms with van der Waals surface area (Å²) in [4.78, 5) is 11.4. The van der Waals surface area contributed by atoms with Crippen LogP contribution in [0.25, 0.3) is 0 Å². The number of amides is 1. The molecule has 1 heterocycles. The summed E-state index contributed by atoms with van der Waals surface area (Å²) < 4.78 is 5.12. The average Bonchev–Trinajstić information content (AvgIpc) is 2.48. The zero-order valence-corrected chi connectivity index (χ0v) is 10.1. The molecule has 1 fully saturated rings. The van der Waals surface area contributed by atoms with E-state index in [0.717, 1.165) is 11.5 Å². The van der Waals surface area contributed by atoms with Gasteiger partial charge in [0, 0.05) is 11.5 Å². The zero-order valence-electron chi connectivity index (χ0n) is 9.24. The van der Waals surface area contributed by atoms with Crippen LogP contribution in [0.15, 0.2) is 0 Å². The van der Waals surface area contributed by atoms with E-state index < -0.39 is 11.7 Å². The molecule has 1 saturated heterocycles. The normalized spacial score (nSPS) is 25.7. The Morgan fingerprint density at radius 1 is 1.53 bits per heavy atom. The molecule has 0 aliphatic carbocycles. The van der Waals surface area contributed by atoms with Gasteiger partial charge in [0.2, 0.25) is 0 Å². The third-order valence-corrected chi connectivity index (χ3v) is 3.14. The molecule has 0 saturated carbocycles. The van der Waals surface area contributed by atoms with E-state index in [1.807, 2.05) is 20.8 Å². The predicted molar refractivity (Wildman–Crippen MR) is 59.6 cm³/mol. The molecular formula is C10H16N2O2S. The number of alkyl carbamates (subject to hydrolysis) is 1. The van der Waals surface area contributed by atoms with E-state index in [1.54, 1.807) is 11.8 Å². The highest BCUT2D eigenvalue weighted by molar-refractivity contribution is 7.99. The molecule has 0 aromatic heterocycles. The van der Waals surface area contributed by atoms with E-state index in [-0.39, 0.29) is 12.0 Å². The molecule has 0 bridgehead atoms. The van der Waals surface area contributed by atoms with Crippen LogP contribution in [-0.2, 0) is 4.74 Å². The molecule has 0 spiro atoms. The van der Waals surface area contributed by atoms with Gasteiger partial charge in [-0.25, -0.2) is 4.79 Å². The van der Waals surface area contributed by atoms with Gasteiger partial charge in [0.15, 0.2) is 0 Å². The number of nitrogens with one attached hydrogen (secondary N) is 1. The molecular weight excluding hydrogens is 212 g/mol. The Balaban J connectivity index is 2.42. The van der Waals surface area contributed by atoms with Gasteiger partial charge < -0.3 is 10.1 Å². The molecule has 2 unspecified atom stereocenters. The number of hydrogen-bond acceptors (Lipinski definition) is 4. The van der Waals surface area contributed by atoms with Crippen LogP contribution in [0.1, 0.15) is 20.8 Å². The summed E-state index contributed by atoms with van der Waals surface area (Å²) in [5.41, 5.74) is -0.488. The largest absolute Gasteiger partial charge is 0.444 e. The second kappa shape index (κ2) is 4.75. The van der Waals surface area contributed by atoms with E-state index in [9.17, 15) is 4.79 Å². The topological polar surface area (TPSA) is 62.1 Å². The standard InChI is InChI=1S/C10H16N2O2S/c1-10(2,3)14-9(13)12-8-6-15-5-7(8)4-11/h7-8H,5-6H2,1-3H3,(H,12,13). The van der Waals surface area contributed by atoms with Crippen LogP contribution in [0.4, 0.5) is 4.79 Å². The van der Waals surface area contributed by atoms with Crippen molar-refractivity contribution in [3.8, 4) is 6.07 Å². The maximum Gasteiger partial charge on any atom is 0.407 e. The summed E-state index contributed by atoms with van der Waals surface area (Å²) in [6.45, 7) is 5.45. The van der Waals surface area contributed by atoms with Crippen LogP contribution < -0.4 is 5.32 Å². The number of nitriles is 1. The van der Waals surface area contributed by atoms with Crippen molar-refractivity contribution < 1.29 is 9.53 Å². The molecule has 1 N–H and O–H groups in total. The molecule has 0 radical (unpaired) electrons. The van der Waals surface area contributed by atoms with Gasteiger partial charge in [-0.3, -0.25) is 0 Å². The molecule has 1 rings (SSSR count). The lowest BCUT2D eigenvalue weighted by Gasteiger charge is -2.22. The minimum atomic E-state index is -0.488. The van der Waals surface area contributed by atoms with Crippen molar-refractivity contribution in [3.63, 3.8) is 0 Å². The molecule has 0 aromatic carbocycles. The summed E-state index contributed by atoms with van der Waals surface area (Å²) in [6, 6.07) is 2.12. The second-order valence-corrected chi connectivity index (χ2v) is 5.60. The van der Waals surface area contributed by atoms with E-state index in [0.29, 0.717) is 0 Å². The van der Waals surface area contributed by atoms with Gasteiger partial charge in [-0.1, -0.05) is 0 Å². The van der Waals surface area contributed by atoms with Crippen LogP contribution in [0.2, 0.25) is 0 Å². The first-order valence-electron chi connectivity index (χ1n) is 4.89. The lowest BCUT2D eigenvalue weighted by molar-refractivity contribution is 0.0504. The van der Waals surface area contributed by atoms with Crippen LogP contribution in [0.5, 0.6) is 0 Å². The minimum Gasteiger partial charge on any atom is -0.444 e. The third-order valence-electron chi connectivity index (χ3n) is 1.95. The van der Waals surface area contributed by atoms with Crippen molar-refractivity contribution in [1.82, 2.24) is 5.32 Å². The highest BCUT2D eigenvalue weighted by Gasteiger charge is 2.30. The number of carbonyl (C=O) groups excluding carboxylic acids is 1. The maximum atomic E-state index is 11.4. The van der Waals surface area contributed by atoms with Crippen molar-refractivity contribution in [2.24, 2.45) is 5.92 Å². The number of carbonyl (C=O) groups is 1. The summed E-state index contributed by atoms with van der Waals surface area (Å²) in [5, 5.41) is 11.6. The Labute approximate surface area is 94.4 Å². The van der Waals surface area contributed by atoms with Gasteiger partial charge >= 0.3 is 6.09 Å². The van der Waals surface area contributed by atoms with Crippen LogP contribution in [0.3, 0.4) is 0 Å². The molecule has 84 valence electrons. The van der Waals surface area contributed by atoms with Gasteiger partial charge in [-0.05, 0) is 20.8 Å². The van der Waals surface area contributed by atoms with Crippen molar-refractivity contribution in [2.75, 3.05) is 11.5 Å².